The number of benzene rings is 1. The largest absolute Gasteiger partial charge is 1.00 e. The second-order valence-corrected chi connectivity index (χ2v) is 6.69. The molecule has 1 aromatic carbocycles. The first kappa shape index (κ1) is 21.0. The fraction of sp³-hybridized carbons (Fsp3) is 0.500. The maximum Gasteiger partial charge on any atom is 0.209 e. The Balaban J connectivity index is 0.00000288. The van der Waals surface area contributed by atoms with E-state index in [-0.39, 0.29) is 12.4 Å². The van der Waals surface area contributed by atoms with Crippen LogP contribution in [0, 0.1) is 0 Å². The number of aromatic nitrogens is 4. The minimum absolute atomic E-state index is 0. The number of tetrazole rings is 1. The zero-order chi connectivity index (χ0) is 16.7. The Morgan fingerprint density at radius 3 is 2.71 bits per heavy atom. The Kier molecular flexibility index (Phi) is 9.42. The molecule has 0 atom stereocenters. The molecule has 0 aliphatic carbocycles. The van der Waals surface area contributed by atoms with Crippen molar-refractivity contribution in [2.75, 3.05) is 26.5 Å². The van der Waals surface area contributed by atoms with Crippen LogP contribution in [0.25, 0.3) is 0 Å². The van der Waals surface area contributed by atoms with Crippen LogP contribution in [0.2, 0.25) is 0 Å². The van der Waals surface area contributed by atoms with Crippen LogP contribution < -0.4 is 27.2 Å². The molecule has 24 heavy (non-hydrogen) atoms. The van der Waals surface area contributed by atoms with E-state index in [2.05, 4.69) is 36.8 Å². The van der Waals surface area contributed by atoms with Crippen molar-refractivity contribution < 1.29 is 21.9 Å². The lowest BCUT2D eigenvalue weighted by Gasteiger charge is -2.12. The highest BCUT2D eigenvalue weighted by Crippen LogP contribution is 2.36. The number of nitrogens with one attached hydrogen (secondary N) is 1. The van der Waals surface area contributed by atoms with Gasteiger partial charge in [-0.15, -0.1) is 5.10 Å². The molecule has 0 saturated carbocycles. The first-order chi connectivity index (χ1) is 11.2. The third-order valence-corrected chi connectivity index (χ3v) is 4.82. The van der Waals surface area contributed by atoms with E-state index in [1.54, 1.807) is 30.7 Å². The number of ether oxygens (including phenoxy) is 2. The van der Waals surface area contributed by atoms with Gasteiger partial charge in [-0.2, -0.15) is 0 Å². The zero-order valence-corrected chi connectivity index (χ0v) is 16.9. The van der Waals surface area contributed by atoms with Gasteiger partial charge in [-0.1, -0.05) is 11.8 Å². The molecule has 0 bridgehead atoms. The van der Waals surface area contributed by atoms with E-state index >= 15 is 0 Å². The summed E-state index contributed by atoms with van der Waals surface area (Å²) in [5.41, 5.74) is 1.14. The Bertz CT molecular complexity index is 644. The summed E-state index contributed by atoms with van der Waals surface area (Å²) in [6.07, 6.45) is 1.03. The molecule has 1 aromatic heterocycles. The quantitative estimate of drug-likeness (QED) is 0.409. The number of thioether (sulfide) groups is 1. The first-order valence-corrected chi connectivity index (χ1v) is 8.89. The highest BCUT2D eigenvalue weighted by molar-refractivity contribution is 9.10. The van der Waals surface area contributed by atoms with Crippen LogP contribution >= 0.6 is 27.7 Å². The van der Waals surface area contributed by atoms with Crippen LogP contribution in [0.15, 0.2) is 21.8 Å². The van der Waals surface area contributed by atoms with Gasteiger partial charge in [0.25, 0.3) is 0 Å². The van der Waals surface area contributed by atoms with Crippen LogP contribution in [-0.4, -0.2) is 46.7 Å². The molecular weight excluding hydrogens is 418 g/mol. The van der Waals surface area contributed by atoms with Gasteiger partial charge in [-0.25, -0.2) is 4.68 Å². The van der Waals surface area contributed by atoms with Gasteiger partial charge in [0.15, 0.2) is 11.5 Å². The molecular formula is C14H20BrClN5O2S-. The van der Waals surface area contributed by atoms with E-state index in [1.165, 1.54) is 0 Å². The lowest BCUT2D eigenvalue weighted by Crippen LogP contribution is -3.00. The first-order valence-electron chi connectivity index (χ1n) is 7.12. The molecule has 0 fully saturated rings. The van der Waals surface area contributed by atoms with E-state index in [0.717, 1.165) is 46.2 Å². The Morgan fingerprint density at radius 2 is 2.08 bits per heavy atom. The molecule has 10 heteroatoms. The topological polar surface area (TPSA) is 74.1 Å². The van der Waals surface area contributed by atoms with Crippen LogP contribution in [0.5, 0.6) is 11.5 Å². The minimum atomic E-state index is 0. The van der Waals surface area contributed by atoms with Gasteiger partial charge in [0, 0.05) is 19.3 Å². The third kappa shape index (κ3) is 5.80. The number of hydrogen-bond donors (Lipinski definition) is 1. The summed E-state index contributed by atoms with van der Waals surface area (Å²) in [5.74, 6) is 2.41. The van der Waals surface area contributed by atoms with Gasteiger partial charge < -0.3 is 27.2 Å². The van der Waals surface area contributed by atoms with Crippen LogP contribution in [-0.2, 0) is 13.6 Å². The highest BCUT2D eigenvalue weighted by Gasteiger charge is 2.10. The van der Waals surface area contributed by atoms with Crippen LogP contribution in [0.1, 0.15) is 12.0 Å². The Labute approximate surface area is 160 Å². The molecule has 134 valence electrons. The average molecular weight is 438 g/mol. The maximum absolute atomic E-state index is 5.35. The second-order valence-electron chi connectivity index (χ2n) is 4.78. The number of methoxy groups -OCH3 is 2. The van der Waals surface area contributed by atoms with Gasteiger partial charge in [-0.3, -0.25) is 0 Å². The fourth-order valence-corrected chi connectivity index (χ4v) is 3.45. The highest BCUT2D eigenvalue weighted by atomic mass is 79.9. The Hall–Kier alpha value is -1.03. The molecule has 0 saturated heterocycles. The number of halogens is 2. The van der Waals surface area contributed by atoms with E-state index in [1.807, 2.05) is 19.2 Å². The number of hydrogen-bond acceptors (Lipinski definition) is 7. The summed E-state index contributed by atoms with van der Waals surface area (Å²) in [5, 5.41) is 15.6. The Morgan fingerprint density at radius 1 is 1.29 bits per heavy atom. The van der Waals surface area contributed by atoms with Crippen molar-refractivity contribution in [1.29, 1.82) is 0 Å². The van der Waals surface area contributed by atoms with E-state index in [9.17, 15) is 0 Å². The standard InChI is InChI=1S/C14H20BrN5O2S.ClH/c1-20-14(17-18-19-20)23-6-4-5-16-9-10-7-11(15)13(22-3)12(8-10)21-2;/h7-8,16H,4-6,9H2,1-3H3;1H/p-1. The fourth-order valence-electron chi connectivity index (χ4n) is 2.01. The summed E-state index contributed by atoms with van der Waals surface area (Å²) >= 11 is 5.16. The normalized spacial score (nSPS) is 10.3. The summed E-state index contributed by atoms with van der Waals surface area (Å²) in [7, 11) is 5.11. The molecule has 7 nitrogen and oxygen atoms in total. The molecule has 1 N–H and O–H groups in total. The predicted octanol–water partition coefficient (Wildman–Crippen LogP) is -0.734. The third-order valence-electron chi connectivity index (χ3n) is 3.13. The summed E-state index contributed by atoms with van der Waals surface area (Å²) < 4.78 is 13.2. The molecule has 0 unspecified atom stereocenters. The van der Waals surface area contributed by atoms with E-state index < -0.39 is 0 Å². The molecule has 2 aromatic rings. The smallest absolute Gasteiger partial charge is 0.209 e. The van der Waals surface area contributed by atoms with Crippen molar-refractivity contribution in [2.24, 2.45) is 7.05 Å². The van der Waals surface area contributed by atoms with Crippen LogP contribution in [0.3, 0.4) is 0 Å². The molecule has 0 aliphatic rings. The summed E-state index contributed by atoms with van der Waals surface area (Å²) in [4.78, 5) is 0. The van der Waals surface area contributed by atoms with Crippen molar-refractivity contribution in [3.63, 3.8) is 0 Å². The van der Waals surface area contributed by atoms with Gasteiger partial charge in [0.1, 0.15) is 0 Å². The van der Waals surface area contributed by atoms with E-state index in [4.69, 9.17) is 9.47 Å². The molecule has 0 radical (unpaired) electrons. The molecule has 0 amide bonds. The maximum atomic E-state index is 5.35. The molecule has 0 spiro atoms. The minimum Gasteiger partial charge on any atom is -1.00 e. The predicted molar refractivity (Wildman–Crippen MR) is 93.1 cm³/mol. The SMILES string of the molecule is COc1cc(CNCCCSc2nnnn2C)cc(Br)c1OC.[Cl-]. The molecule has 0 aliphatic heterocycles. The molecule has 1 heterocycles. The average Bonchev–Trinajstić information content (AvgIpc) is 2.95. The van der Waals surface area contributed by atoms with Crippen molar-refractivity contribution in [3.05, 3.63) is 22.2 Å². The number of aryl methyl sites for hydroxylation is 1. The van der Waals surface area contributed by atoms with E-state index in [0.29, 0.717) is 5.75 Å². The lowest BCUT2D eigenvalue weighted by atomic mass is 10.2. The van der Waals surface area contributed by atoms with Gasteiger partial charge in [0.2, 0.25) is 5.16 Å². The van der Waals surface area contributed by atoms with Crippen LogP contribution in [0.4, 0.5) is 0 Å². The zero-order valence-electron chi connectivity index (χ0n) is 13.8. The summed E-state index contributed by atoms with van der Waals surface area (Å²) in [6, 6.07) is 4.02. The second kappa shape index (κ2) is 10.8. The lowest BCUT2D eigenvalue weighted by molar-refractivity contribution is -0.00000540. The van der Waals surface area contributed by atoms with Gasteiger partial charge in [0.05, 0.1) is 18.7 Å². The summed E-state index contributed by atoms with van der Waals surface area (Å²) in [6.45, 7) is 1.69. The molecule has 2 rings (SSSR count). The number of nitrogens with zero attached hydrogens (tertiary/aromatic N) is 4. The van der Waals surface area contributed by atoms with Gasteiger partial charge >= 0.3 is 0 Å². The van der Waals surface area contributed by atoms with Crippen molar-refractivity contribution in [2.45, 2.75) is 18.1 Å². The monoisotopic (exact) mass is 436 g/mol. The number of rotatable bonds is 9. The van der Waals surface area contributed by atoms with Crippen molar-refractivity contribution in [1.82, 2.24) is 25.5 Å². The van der Waals surface area contributed by atoms with Crippen molar-refractivity contribution in [3.8, 4) is 11.5 Å². The van der Waals surface area contributed by atoms with Crippen molar-refractivity contribution >= 4 is 27.7 Å². The van der Waals surface area contributed by atoms with Gasteiger partial charge in [-0.05, 0) is 57.0 Å².